The van der Waals surface area contributed by atoms with Crippen molar-refractivity contribution in [3.05, 3.63) is 34.3 Å². The third-order valence-corrected chi connectivity index (χ3v) is 3.86. The van der Waals surface area contributed by atoms with Gasteiger partial charge in [0.15, 0.2) is 0 Å². The van der Waals surface area contributed by atoms with Crippen molar-refractivity contribution in [3.63, 3.8) is 0 Å². The highest BCUT2D eigenvalue weighted by molar-refractivity contribution is 9.10. The molecule has 0 aromatic heterocycles. The molecule has 0 radical (unpaired) electrons. The molecule has 1 heterocycles. The summed E-state index contributed by atoms with van der Waals surface area (Å²) in [6.07, 6.45) is 1.90. The van der Waals surface area contributed by atoms with Crippen LogP contribution in [0.15, 0.2) is 28.7 Å². The maximum absolute atomic E-state index is 9.67. The summed E-state index contributed by atoms with van der Waals surface area (Å²) in [5.74, 6) is 0. The molecular weight excluding hydrogens is 266 g/mol. The van der Waals surface area contributed by atoms with Crippen molar-refractivity contribution >= 4 is 15.9 Å². The molecule has 2 atom stereocenters. The van der Waals surface area contributed by atoms with Crippen molar-refractivity contribution < 1.29 is 5.11 Å². The highest BCUT2D eigenvalue weighted by atomic mass is 79.9. The van der Waals surface area contributed by atoms with Crippen LogP contribution in [0.3, 0.4) is 0 Å². The Labute approximate surface area is 105 Å². The maximum atomic E-state index is 9.67. The number of aliphatic hydroxyl groups is 1. The average Bonchev–Trinajstić information content (AvgIpc) is 2.29. The summed E-state index contributed by atoms with van der Waals surface area (Å²) in [6.45, 7) is 4.10. The third-order valence-electron chi connectivity index (χ3n) is 3.33. The first-order valence-electron chi connectivity index (χ1n) is 5.84. The van der Waals surface area contributed by atoms with Gasteiger partial charge < -0.3 is 5.11 Å². The van der Waals surface area contributed by atoms with Gasteiger partial charge in [0.25, 0.3) is 0 Å². The summed E-state index contributed by atoms with van der Waals surface area (Å²) >= 11 is 3.45. The number of aliphatic hydroxyl groups excluding tert-OH is 1. The molecule has 0 spiro atoms. The Balaban J connectivity index is 2.06. The van der Waals surface area contributed by atoms with E-state index in [0.717, 1.165) is 30.4 Å². The minimum absolute atomic E-state index is 0.147. The molecule has 3 heteroatoms. The lowest BCUT2D eigenvalue weighted by Crippen LogP contribution is -2.39. The summed E-state index contributed by atoms with van der Waals surface area (Å²) < 4.78 is 1.11. The minimum atomic E-state index is -0.147. The molecule has 1 aromatic rings. The second-order valence-electron chi connectivity index (χ2n) is 4.52. The van der Waals surface area contributed by atoms with E-state index in [4.69, 9.17) is 0 Å². The normalized spacial score (nSPS) is 24.3. The van der Waals surface area contributed by atoms with Gasteiger partial charge in [-0.3, -0.25) is 4.90 Å². The van der Waals surface area contributed by atoms with E-state index in [1.165, 1.54) is 5.56 Å². The van der Waals surface area contributed by atoms with Crippen LogP contribution in [0.1, 0.15) is 31.4 Å². The van der Waals surface area contributed by atoms with Crippen molar-refractivity contribution in [3.8, 4) is 0 Å². The lowest BCUT2D eigenvalue weighted by atomic mass is 10.0. The van der Waals surface area contributed by atoms with Gasteiger partial charge in [0.05, 0.1) is 6.10 Å². The van der Waals surface area contributed by atoms with Gasteiger partial charge in [0.1, 0.15) is 0 Å². The topological polar surface area (TPSA) is 23.5 Å². The van der Waals surface area contributed by atoms with Crippen LogP contribution in [-0.4, -0.2) is 29.2 Å². The van der Waals surface area contributed by atoms with Gasteiger partial charge >= 0.3 is 0 Å². The van der Waals surface area contributed by atoms with Gasteiger partial charge in [-0.25, -0.2) is 0 Å². The lowest BCUT2D eigenvalue weighted by Gasteiger charge is -2.35. The fraction of sp³-hybridized carbons (Fsp3) is 0.538. The number of hydrogen-bond acceptors (Lipinski definition) is 2. The van der Waals surface area contributed by atoms with E-state index in [-0.39, 0.29) is 6.10 Å². The predicted molar refractivity (Wildman–Crippen MR) is 69.4 cm³/mol. The summed E-state index contributed by atoms with van der Waals surface area (Å²) in [5.41, 5.74) is 1.32. The highest BCUT2D eigenvalue weighted by Crippen LogP contribution is 2.25. The first kappa shape index (κ1) is 12.1. The third kappa shape index (κ3) is 2.84. The zero-order chi connectivity index (χ0) is 11.5. The van der Waals surface area contributed by atoms with Crippen molar-refractivity contribution in [1.29, 1.82) is 0 Å². The standard InChI is InChI=1S/C13H18BrNO/c1-10(11-4-6-12(14)7-5-11)15-8-2-3-13(16)9-15/h4-7,10,13,16H,2-3,8-9H2,1H3. The Morgan fingerprint density at radius 1 is 1.38 bits per heavy atom. The smallest absolute Gasteiger partial charge is 0.0667 e. The second kappa shape index (κ2) is 5.30. The first-order chi connectivity index (χ1) is 7.66. The Kier molecular flexibility index (Phi) is 4.00. The number of benzene rings is 1. The fourth-order valence-corrected chi connectivity index (χ4v) is 2.55. The molecule has 2 rings (SSSR count). The zero-order valence-electron chi connectivity index (χ0n) is 9.56. The van der Waals surface area contributed by atoms with Gasteiger partial charge in [-0.15, -0.1) is 0 Å². The minimum Gasteiger partial charge on any atom is -0.392 e. The molecular formula is C13H18BrNO. The molecule has 1 saturated heterocycles. The number of nitrogens with zero attached hydrogens (tertiary/aromatic N) is 1. The molecule has 0 saturated carbocycles. The molecule has 88 valence electrons. The summed E-state index contributed by atoms with van der Waals surface area (Å²) in [6, 6.07) is 8.84. The van der Waals surface area contributed by atoms with Crippen LogP contribution < -0.4 is 0 Å². The van der Waals surface area contributed by atoms with Gasteiger partial charge in [0.2, 0.25) is 0 Å². The quantitative estimate of drug-likeness (QED) is 0.902. The molecule has 16 heavy (non-hydrogen) atoms. The van der Waals surface area contributed by atoms with E-state index < -0.39 is 0 Å². The number of piperidine rings is 1. The molecule has 0 aliphatic carbocycles. The molecule has 2 unspecified atom stereocenters. The summed E-state index contributed by atoms with van der Waals surface area (Å²) in [7, 11) is 0. The van der Waals surface area contributed by atoms with Crippen molar-refractivity contribution in [2.45, 2.75) is 31.9 Å². The second-order valence-corrected chi connectivity index (χ2v) is 5.43. The van der Waals surface area contributed by atoms with E-state index >= 15 is 0 Å². The van der Waals surface area contributed by atoms with Crippen LogP contribution in [0.25, 0.3) is 0 Å². The molecule has 1 aliphatic rings. The summed E-state index contributed by atoms with van der Waals surface area (Å²) in [5, 5.41) is 9.67. The van der Waals surface area contributed by atoms with E-state index in [1.54, 1.807) is 0 Å². The van der Waals surface area contributed by atoms with Gasteiger partial charge in [0, 0.05) is 17.1 Å². The molecule has 1 aromatic carbocycles. The Bertz CT molecular complexity index is 338. The van der Waals surface area contributed by atoms with Crippen LogP contribution in [-0.2, 0) is 0 Å². The number of rotatable bonds is 2. The Hall–Kier alpha value is -0.380. The van der Waals surface area contributed by atoms with Crippen LogP contribution in [0.5, 0.6) is 0 Å². The predicted octanol–water partition coefficient (Wildman–Crippen LogP) is 2.97. The molecule has 2 nitrogen and oxygen atoms in total. The van der Waals surface area contributed by atoms with Gasteiger partial charge in [-0.2, -0.15) is 0 Å². The van der Waals surface area contributed by atoms with Crippen LogP contribution in [0, 0.1) is 0 Å². The van der Waals surface area contributed by atoms with Crippen LogP contribution in [0.4, 0.5) is 0 Å². The molecule has 1 aliphatic heterocycles. The fourth-order valence-electron chi connectivity index (χ4n) is 2.29. The van der Waals surface area contributed by atoms with E-state index in [2.05, 4.69) is 52.0 Å². The Morgan fingerprint density at radius 2 is 2.06 bits per heavy atom. The van der Waals surface area contributed by atoms with Crippen LogP contribution >= 0.6 is 15.9 Å². The van der Waals surface area contributed by atoms with E-state index in [1.807, 2.05) is 0 Å². The molecule has 0 amide bonds. The van der Waals surface area contributed by atoms with Crippen molar-refractivity contribution in [2.24, 2.45) is 0 Å². The SMILES string of the molecule is CC(c1ccc(Br)cc1)N1CCCC(O)C1. The average molecular weight is 284 g/mol. The number of β-amino-alcohol motifs (C(OH)–C–C–N with tert-alkyl or cyclic N) is 1. The number of likely N-dealkylation sites (tertiary alicyclic amines) is 1. The monoisotopic (exact) mass is 283 g/mol. The van der Waals surface area contributed by atoms with Crippen molar-refractivity contribution in [1.82, 2.24) is 4.90 Å². The van der Waals surface area contributed by atoms with E-state index in [9.17, 15) is 5.11 Å². The number of hydrogen-bond donors (Lipinski definition) is 1. The molecule has 1 N–H and O–H groups in total. The molecule has 0 bridgehead atoms. The largest absolute Gasteiger partial charge is 0.392 e. The first-order valence-corrected chi connectivity index (χ1v) is 6.63. The molecule has 1 fully saturated rings. The maximum Gasteiger partial charge on any atom is 0.0667 e. The van der Waals surface area contributed by atoms with E-state index in [0.29, 0.717) is 6.04 Å². The zero-order valence-corrected chi connectivity index (χ0v) is 11.2. The highest BCUT2D eigenvalue weighted by Gasteiger charge is 2.22. The summed E-state index contributed by atoms with van der Waals surface area (Å²) in [4.78, 5) is 2.36. The van der Waals surface area contributed by atoms with Crippen molar-refractivity contribution in [2.75, 3.05) is 13.1 Å². The van der Waals surface area contributed by atoms with Crippen LogP contribution in [0.2, 0.25) is 0 Å². The number of halogens is 1. The van der Waals surface area contributed by atoms with Gasteiger partial charge in [-0.1, -0.05) is 28.1 Å². The Morgan fingerprint density at radius 3 is 2.69 bits per heavy atom. The van der Waals surface area contributed by atoms with Gasteiger partial charge in [-0.05, 0) is 44.0 Å². The lowest BCUT2D eigenvalue weighted by molar-refractivity contribution is 0.0504.